The Hall–Kier alpha value is -1.01. The molecule has 6 heteroatoms. The first-order valence-electron chi connectivity index (χ1n) is 4.95. The monoisotopic (exact) mass is 255 g/mol. The number of carbonyl (C=O) groups excluding carboxylic acids is 2. The van der Waals surface area contributed by atoms with Crippen molar-refractivity contribution in [1.82, 2.24) is 0 Å². The molecule has 2 amide bonds. The van der Waals surface area contributed by atoms with E-state index in [9.17, 15) is 9.59 Å². The summed E-state index contributed by atoms with van der Waals surface area (Å²) in [5.41, 5.74) is 6.83. The minimum Gasteiger partial charge on any atom is -0.365 e. The van der Waals surface area contributed by atoms with E-state index in [1.54, 1.807) is 0 Å². The average Bonchev–Trinajstić information content (AvgIpc) is 2.76. The SMILES string of the molecule is NC(=O)c1c(NC(=O)C[S])sc2c1CCC2. The zero-order valence-corrected chi connectivity index (χ0v) is 10.2. The van der Waals surface area contributed by atoms with Gasteiger partial charge in [-0.3, -0.25) is 9.59 Å². The Morgan fingerprint density at radius 1 is 1.44 bits per heavy atom. The van der Waals surface area contributed by atoms with Gasteiger partial charge in [-0.05, 0) is 24.8 Å². The summed E-state index contributed by atoms with van der Waals surface area (Å²) in [4.78, 5) is 23.7. The number of aryl methyl sites for hydroxylation is 1. The molecule has 0 spiro atoms. The molecule has 0 saturated heterocycles. The van der Waals surface area contributed by atoms with Crippen molar-refractivity contribution in [3.05, 3.63) is 16.0 Å². The number of nitrogens with one attached hydrogen (secondary N) is 1. The van der Waals surface area contributed by atoms with Gasteiger partial charge in [0.2, 0.25) is 5.91 Å². The third-order valence-corrected chi connectivity index (χ3v) is 4.02. The van der Waals surface area contributed by atoms with Crippen LogP contribution in [0.15, 0.2) is 0 Å². The quantitative estimate of drug-likeness (QED) is 0.858. The average molecular weight is 255 g/mol. The standard InChI is InChI=1S/C10H11N2O2S2/c11-9(14)8-5-2-1-3-6(5)16-10(8)12-7(13)4-15/h1-4H2,(H2,11,14)(H,12,13). The Bertz CT molecular complexity index is 454. The van der Waals surface area contributed by atoms with Gasteiger partial charge in [0.1, 0.15) is 5.00 Å². The maximum absolute atomic E-state index is 11.4. The second kappa shape index (κ2) is 4.47. The number of nitrogens with two attached hydrogens (primary N) is 1. The molecule has 4 nitrogen and oxygen atoms in total. The smallest absolute Gasteiger partial charge is 0.251 e. The number of amides is 2. The molecule has 0 aliphatic heterocycles. The summed E-state index contributed by atoms with van der Waals surface area (Å²) < 4.78 is 0. The van der Waals surface area contributed by atoms with Crippen LogP contribution in [0.4, 0.5) is 5.00 Å². The van der Waals surface area contributed by atoms with Crippen LogP contribution in [-0.2, 0) is 17.6 Å². The molecule has 0 unspecified atom stereocenters. The van der Waals surface area contributed by atoms with Crippen LogP contribution in [0.25, 0.3) is 0 Å². The summed E-state index contributed by atoms with van der Waals surface area (Å²) in [5.74, 6) is -0.752. The molecule has 0 aromatic carbocycles. The summed E-state index contributed by atoms with van der Waals surface area (Å²) in [7, 11) is 0. The molecule has 1 heterocycles. The first-order chi connectivity index (χ1) is 7.63. The molecular weight excluding hydrogens is 244 g/mol. The second-order valence-corrected chi connectivity index (χ2v) is 5.01. The number of hydrogen-bond donors (Lipinski definition) is 2. The zero-order valence-electron chi connectivity index (χ0n) is 8.54. The van der Waals surface area contributed by atoms with Crippen molar-refractivity contribution in [2.45, 2.75) is 19.3 Å². The highest BCUT2D eigenvalue weighted by Gasteiger charge is 2.25. The summed E-state index contributed by atoms with van der Waals surface area (Å²) >= 11 is 6.08. The summed E-state index contributed by atoms with van der Waals surface area (Å²) in [6.45, 7) is 0. The van der Waals surface area contributed by atoms with Crippen LogP contribution in [0, 0.1) is 0 Å². The van der Waals surface area contributed by atoms with Gasteiger partial charge in [0.25, 0.3) is 5.91 Å². The number of carbonyl (C=O) groups is 2. The summed E-state index contributed by atoms with van der Waals surface area (Å²) in [6.07, 6.45) is 2.88. The fourth-order valence-electron chi connectivity index (χ4n) is 1.92. The maximum atomic E-state index is 11.4. The van der Waals surface area contributed by atoms with E-state index in [0.29, 0.717) is 10.6 Å². The Balaban J connectivity index is 2.38. The Morgan fingerprint density at radius 2 is 2.19 bits per heavy atom. The van der Waals surface area contributed by atoms with E-state index in [1.807, 2.05) is 0 Å². The highest BCUT2D eigenvalue weighted by molar-refractivity contribution is 7.81. The lowest BCUT2D eigenvalue weighted by molar-refractivity contribution is -0.113. The topological polar surface area (TPSA) is 72.2 Å². The summed E-state index contributed by atoms with van der Waals surface area (Å²) in [6, 6.07) is 0. The van der Waals surface area contributed by atoms with Crippen LogP contribution in [0.1, 0.15) is 27.2 Å². The van der Waals surface area contributed by atoms with Gasteiger partial charge in [-0.1, -0.05) is 12.6 Å². The molecule has 0 fully saturated rings. The summed E-state index contributed by atoms with van der Waals surface area (Å²) in [5, 5.41) is 3.21. The van der Waals surface area contributed by atoms with Gasteiger partial charge in [-0.2, -0.15) is 0 Å². The van der Waals surface area contributed by atoms with E-state index in [0.717, 1.165) is 29.7 Å². The van der Waals surface area contributed by atoms with E-state index in [2.05, 4.69) is 17.9 Å². The zero-order chi connectivity index (χ0) is 11.7. The predicted molar refractivity (Wildman–Crippen MR) is 65.9 cm³/mol. The molecule has 0 bridgehead atoms. The van der Waals surface area contributed by atoms with Gasteiger partial charge < -0.3 is 11.1 Å². The van der Waals surface area contributed by atoms with Crippen molar-refractivity contribution >= 4 is 40.8 Å². The van der Waals surface area contributed by atoms with E-state index in [-0.39, 0.29) is 11.7 Å². The first-order valence-corrected chi connectivity index (χ1v) is 6.35. The first kappa shape index (κ1) is 11.5. The lowest BCUT2D eigenvalue weighted by atomic mass is 10.1. The molecule has 1 aliphatic carbocycles. The van der Waals surface area contributed by atoms with Gasteiger partial charge in [0, 0.05) is 4.88 Å². The number of anilines is 1. The normalized spacial score (nSPS) is 13.6. The van der Waals surface area contributed by atoms with E-state index in [1.165, 1.54) is 11.3 Å². The van der Waals surface area contributed by atoms with Gasteiger partial charge in [-0.15, -0.1) is 11.3 Å². The molecule has 1 radical (unpaired) electrons. The van der Waals surface area contributed by atoms with E-state index in [4.69, 9.17) is 5.73 Å². The minimum atomic E-state index is -0.473. The van der Waals surface area contributed by atoms with E-state index < -0.39 is 5.91 Å². The molecule has 0 saturated carbocycles. The Morgan fingerprint density at radius 3 is 2.81 bits per heavy atom. The fraction of sp³-hybridized carbons (Fsp3) is 0.400. The molecule has 85 valence electrons. The molecule has 2 rings (SSSR count). The molecule has 1 aliphatic rings. The highest BCUT2D eigenvalue weighted by Crippen LogP contribution is 2.38. The van der Waals surface area contributed by atoms with Crippen molar-refractivity contribution in [1.29, 1.82) is 0 Å². The lowest BCUT2D eigenvalue weighted by Gasteiger charge is -2.03. The number of hydrogen-bond acceptors (Lipinski definition) is 3. The van der Waals surface area contributed by atoms with Crippen LogP contribution < -0.4 is 11.1 Å². The Labute approximate surface area is 103 Å². The van der Waals surface area contributed by atoms with E-state index >= 15 is 0 Å². The van der Waals surface area contributed by atoms with Crippen molar-refractivity contribution in [3.63, 3.8) is 0 Å². The number of thiophene rings is 1. The van der Waals surface area contributed by atoms with Crippen molar-refractivity contribution in [2.24, 2.45) is 5.73 Å². The highest BCUT2D eigenvalue weighted by atomic mass is 32.1. The molecule has 0 atom stereocenters. The third-order valence-electron chi connectivity index (χ3n) is 2.55. The fourth-order valence-corrected chi connectivity index (χ4v) is 3.30. The lowest BCUT2D eigenvalue weighted by Crippen LogP contribution is -2.18. The van der Waals surface area contributed by atoms with Crippen LogP contribution in [0.5, 0.6) is 0 Å². The largest absolute Gasteiger partial charge is 0.365 e. The predicted octanol–water partition coefficient (Wildman–Crippen LogP) is 1.47. The Kier molecular flexibility index (Phi) is 3.20. The third kappa shape index (κ3) is 1.94. The van der Waals surface area contributed by atoms with Gasteiger partial charge in [0.05, 0.1) is 11.3 Å². The minimum absolute atomic E-state index is 0.0131. The number of primary amides is 1. The van der Waals surface area contributed by atoms with Crippen molar-refractivity contribution in [3.8, 4) is 0 Å². The van der Waals surface area contributed by atoms with Crippen LogP contribution in [0.3, 0.4) is 0 Å². The maximum Gasteiger partial charge on any atom is 0.251 e. The van der Waals surface area contributed by atoms with Gasteiger partial charge in [0.15, 0.2) is 0 Å². The molecule has 16 heavy (non-hydrogen) atoms. The van der Waals surface area contributed by atoms with Crippen molar-refractivity contribution < 1.29 is 9.59 Å². The number of rotatable bonds is 3. The van der Waals surface area contributed by atoms with Crippen molar-refractivity contribution in [2.75, 3.05) is 11.1 Å². The number of fused-ring (bicyclic) bond motifs is 1. The molecular formula is C10H11N2O2S2. The van der Waals surface area contributed by atoms with Crippen LogP contribution in [0.2, 0.25) is 0 Å². The second-order valence-electron chi connectivity index (χ2n) is 3.62. The molecule has 1 aromatic rings. The van der Waals surface area contributed by atoms with Crippen LogP contribution in [-0.4, -0.2) is 17.6 Å². The molecule has 3 N–H and O–H groups in total. The van der Waals surface area contributed by atoms with Crippen LogP contribution >= 0.6 is 24.0 Å². The molecule has 1 aromatic heterocycles. The van der Waals surface area contributed by atoms with Gasteiger partial charge in [-0.25, -0.2) is 0 Å². The van der Waals surface area contributed by atoms with Gasteiger partial charge >= 0.3 is 0 Å².